The van der Waals surface area contributed by atoms with Crippen molar-refractivity contribution in [1.82, 2.24) is 0 Å². The number of carbonyl (C=O) groups excluding carboxylic acids is 1. The minimum atomic E-state index is -3.11. The van der Waals surface area contributed by atoms with Crippen molar-refractivity contribution >= 4 is 29.0 Å². The predicted octanol–water partition coefficient (Wildman–Crippen LogP) is 3.84. The summed E-state index contributed by atoms with van der Waals surface area (Å²) in [4.78, 5) is 11.1. The van der Waals surface area contributed by atoms with E-state index in [9.17, 15) is 13.6 Å². The van der Waals surface area contributed by atoms with Crippen molar-refractivity contribution in [2.45, 2.75) is 13.3 Å². The van der Waals surface area contributed by atoms with Gasteiger partial charge in [0.15, 0.2) is 0 Å². The number of hydrogen-bond donors (Lipinski definition) is 0. The molecule has 0 atom stereocenters. The van der Waals surface area contributed by atoms with Gasteiger partial charge in [-0.05, 0) is 13.0 Å². The van der Waals surface area contributed by atoms with E-state index in [1.165, 1.54) is 6.07 Å². The van der Waals surface area contributed by atoms with Crippen LogP contribution in [0.4, 0.5) is 8.78 Å². The molecule has 0 aliphatic rings. The van der Waals surface area contributed by atoms with Crippen molar-refractivity contribution < 1.29 is 18.3 Å². The zero-order valence-electron chi connectivity index (χ0n) is 8.27. The van der Waals surface area contributed by atoms with Gasteiger partial charge >= 0.3 is 6.43 Å². The van der Waals surface area contributed by atoms with Gasteiger partial charge < -0.3 is 4.74 Å². The number of alkyl halides is 2. The van der Waals surface area contributed by atoms with Crippen molar-refractivity contribution in [2.75, 3.05) is 6.61 Å². The predicted molar refractivity (Wildman–Crippen MR) is 58.0 cm³/mol. The number of carbonyl (C=O) groups is 1. The molecule has 1 aromatic carbocycles. The minimum absolute atomic E-state index is 0.0789. The molecule has 0 aliphatic carbocycles. The first-order valence-corrected chi connectivity index (χ1v) is 5.17. The Hall–Kier alpha value is -0.870. The molecule has 1 rings (SSSR count). The molecule has 0 aromatic heterocycles. The Bertz CT molecular complexity index is 408. The number of ether oxygens (including phenoxy) is 1. The third-order valence-corrected chi connectivity index (χ3v) is 2.39. The topological polar surface area (TPSA) is 26.3 Å². The summed E-state index contributed by atoms with van der Waals surface area (Å²) in [6.07, 6.45) is -3.11. The minimum Gasteiger partial charge on any atom is -0.492 e. The maximum atomic E-state index is 12.2. The Kier molecular flexibility index (Phi) is 4.50. The Labute approximate surface area is 101 Å². The van der Waals surface area contributed by atoms with Crippen molar-refractivity contribution in [3.63, 3.8) is 0 Å². The molecule has 16 heavy (non-hydrogen) atoms. The Balaban J connectivity index is 3.15. The zero-order valence-corrected chi connectivity index (χ0v) is 9.78. The van der Waals surface area contributed by atoms with Gasteiger partial charge in [0.2, 0.25) is 5.78 Å². The molecule has 1 aromatic rings. The third-order valence-electron chi connectivity index (χ3n) is 1.79. The van der Waals surface area contributed by atoms with Gasteiger partial charge in [-0.1, -0.05) is 23.2 Å². The smallest absolute Gasteiger partial charge is 0.300 e. The summed E-state index contributed by atoms with van der Waals surface area (Å²) in [5, 5.41) is -0.0200. The van der Waals surface area contributed by atoms with Gasteiger partial charge in [0.05, 0.1) is 16.7 Å². The number of benzene rings is 1. The molecule has 0 amide bonds. The van der Waals surface area contributed by atoms with Crippen molar-refractivity contribution in [3.05, 3.63) is 27.7 Å². The molecule has 0 saturated carbocycles. The lowest BCUT2D eigenvalue weighted by atomic mass is 10.1. The van der Waals surface area contributed by atoms with Crippen LogP contribution in [0.1, 0.15) is 17.3 Å². The second-order valence-electron chi connectivity index (χ2n) is 2.86. The van der Waals surface area contributed by atoms with Crippen LogP contribution in [0.3, 0.4) is 0 Å². The number of halogens is 4. The maximum Gasteiger partial charge on any atom is 0.300 e. The lowest BCUT2D eigenvalue weighted by Gasteiger charge is -2.09. The van der Waals surface area contributed by atoms with Crippen LogP contribution in [0.15, 0.2) is 12.1 Å². The summed E-state index contributed by atoms with van der Waals surface area (Å²) < 4.78 is 29.5. The molecule has 0 bridgehead atoms. The second-order valence-corrected chi connectivity index (χ2v) is 3.67. The number of ketones is 1. The average molecular weight is 269 g/mol. The van der Waals surface area contributed by atoms with Crippen LogP contribution < -0.4 is 4.74 Å². The van der Waals surface area contributed by atoms with Gasteiger partial charge in [0.25, 0.3) is 0 Å². The first kappa shape index (κ1) is 13.2. The van der Waals surface area contributed by atoms with Crippen LogP contribution in [0, 0.1) is 0 Å². The molecule has 6 heteroatoms. The molecule has 0 heterocycles. The van der Waals surface area contributed by atoms with Crippen molar-refractivity contribution in [3.8, 4) is 5.75 Å². The lowest BCUT2D eigenvalue weighted by molar-refractivity contribution is 0.0679. The van der Waals surface area contributed by atoms with Crippen LogP contribution in [0.2, 0.25) is 10.0 Å². The van der Waals surface area contributed by atoms with Gasteiger partial charge in [-0.2, -0.15) is 0 Å². The molecule has 2 nitrogen and oxygen atoms in total. The van der Waals surface area contributed by atoms with E-state index >= 15 is 0 Å². The largest absolute Gasteiger partial charge is 0.492 e. The SMILES string of the molecule is CCOc1cc(Cl)c(C(=O)C(F)F)cc1Cl. The first-order valence-electron chi connectivity index (χ1n) is 4.41. The second kappa shape index (κ2) is 5.46. The Morgan fingerprint density at radius 1 is 1.38 bits per heavy atom. The molecule has 0 unspecified atom stereocenters. The van der Waals surface area contributed by atoms with E-state index in [-0.39, 0.29) is 21.4 Å². The monoisotopic (exact) mass is 268 g/mol. The molecule has 0 saturated heterocycles. The standard InChI is InChI=1S/C10H8Cl2F2O2/c1-2-16-8-4-6(11)5(3-7(8)12)9(15)10(13)14/h3-4,10H,2H2,1H3. The van der Waals surface area contributed by atoms with E-state index in [0.717, 1.165) is 6.07 Å². The Morgan fingerprint density at radius 3 is 2.50 bits per heavy atom. The average Bonchev–Trinajstić information content (AvgIpc) is 2.22. The van der Waals surface area contributed by atoms with Gasteiger partial charge in [-0.3, -0.25) is 4.79 Å². The van der Waals surface area contributed by atoms with Crippen LogP contribution in [0.5, 0.6) is 5.75 Å². The van der Waals surface area contributed by atoms with E-state index in [4.69, 9.17) is 27.9 Å². The van der Waals surface area contributed by atoms with Gasteiger partial charge in [-0.25, -0.2) is 8.78 Å². The molecule has 0 spiro atoms. The number of rotatable bonds is 4. The number of hydrogen-bond acceptors (Lipinski definition) is 2. The highest BCUT2D eigenvalue weighted by Gasteiger charge is 2.22. The van der Waals surface area contributed by atoms with E-state index in [2.05, 4.69) is 0 Å². The molecule has 0 fully saturated rings. The van der Waals surface area contributed by atoms with Crippen molar-refractivity contribution in [1.29, 1.82) is 0 Å². The summed E-state index contributed by atoms with van der Waals surface area (Å²) in [6, 6.07) is 2.34. The van der Waals surface area contributed by atoms with E-state index in [1.807, 2.05) is 0 Å². The summed E-state index contributed by atoms with van der Waals surface area (Å²) in [5.41, 5.74) is -0.301. The first-order chi connectivity index (χ1) is 7.47. The van der Waals surface area contributed by atoms with Crippen LogP contribution in [-0.2, 0) is 0 Å². The Morgan fingerprint density at radius 2 is 2.00 bits per heavy atom. The highest BCUT2D eigenvalue weighted by atomic mass is 35.5. The fourth-order valence-electron chi connectivity index (χ4n) is 1.10. The van der Waals surface area contributed by atoms with Crippen LogP contribution >= 0.6 is 23.2 Å². The number of Topliss-reactive ketones (excluding diaryl/α,β-unsaturated/α-hetero) is 1. The molecular weight excluding hydrogens is 261 g/mol. The van der Waals surface area contributed by atoms with Crippen LogP contribution in [-0.4, -0.2) is 18.8 Å². The third kappa shape index (κ3) is 2.83. The highest BCUT2D eigenvalue weighted by Crippen LogP contribution is 2.32. The fraction of sp³-hybridized carbons (Fsp3) is 0.300. The molecule has 88 valence electrons. The zero-order chi connectivity index (χ0) is 12.3. The van der Waals surface area contributed by atoms with Gasteiger partial charge in [0, 0.05) is 11.6 Å². The molecule has 0 N–H and O–H groups in total. The van der Waals surface area contributed by atoms with Crippen LogP contribution in [0.25, 0.3) is 0 Å². The van der Waals surface area contributed by atoms with E-state index in [0.29, 0.717) is 6.61 Å². The molecule has 0 radical (unpaired) electrons. The normalized spacial score (nSPS) is 10.6. The van der Waals surface area contributed by atoms with Gasteiger partial charge in [0.1, 0.15) is 5.75 Å². The quantitative estimate of drug-likeness (QED) is 0.776. The summed E-state index contributed by atoms with van der Waals surface area (Å²) in [6.45, 7) is 2.10. The van der Waals surface area contributed by atoms with Crippen molar-refractivity contribution in [2.24, 2.45) is 0 Å². The highest BCUT2D eigenvalue weighted by molar-refractivity contribution is 6.37. The van der Waals surface area contributed by atoms with E-state index < -0.39 is 12.2 Å². The lowest BCUT2D eigenvalue weighted by Crippen LogP contribution is -2.11. The van der Waals surface area contributed by atoms with E-state index in [1.54, 1.807) is 6.92 Å². The van der Waals surface area contributed by atoms with Gasteiger partial charge in [-0.15, -0.1) is 0 Å². The summed E-state index contributed by atoms with van der Waals surface area (Å²) in [5.74, 6) is -1.09. The summed E-state index contributed by atoms with van der Waals surface area (Å²) >= 11 is 11.4. The fourth-order valence-corrected chi connectivity index (χ4v) is 1.57. The maximum absolute atomic E-state index is 12.2. The molecular formula is C10H8Cl2F2O2. The summed E-state index contributed by atoms with van der Waals surface area (Å²) in [7, 11) is 0. The molecule has 0 aliphatic heterocycles.